The zero-order valence-electron chi connectivity index (χ0n) is 8.83. The second-order valence-corrected chi connectivity index (χ2v) is 4.63. The van der Waals surface area contributed by atoms with E-state index in [1.165, 1.54) is 0 Å². The third-order valence-corrected chi connectivity index (χ3v) is 3.55. The van der Waals surface area contributed by atoms with Gasteiger partial charge in [-0.3, -0.25) is 9.59 Å². The van der Waals surface area contributed by atoms with Crippen LogP contribution < -0.4 is 5.23 Å². The molecule has 0 aromatic heterocycles. The lowest BCUT2D eigenvalue weighted by Gasteiger charge is -2.24. The van der Waals surface area contributed by atoms with Crippen molar-refractivity contribution in [2.45, 2.75) is 38.8 Å². The molecule has 1 aliphatic carbocycles. The Morgan fingerprint density at radius 1 is 1.50 bits per heavy atom. The largest absolute Gasteiger partial charge is 0.404 e. The molecule has 3 atom stereocenters. The summed E-state index contributed by atoms with van der Waals surface area (Å²) >= 11 is 0. The maximum absolute atomic E-state index is 11.5. The molecule has 2 fully saturated rings. The van der Waals surface area contributed by atoms with Crippen LogP contribution in [-0.2, 0) is 9.59 Å². The van der Waals surface area contributed by atoms with Gasteiger partial charge in [0.2, 0.25) is 19.8 Å². The van der Waals surface area contributed by atoms with Crippen LogP contribution in [0.5, 0.6) is 0 Å². The lowest BCUT2D eigenvalue weighted by Crippen LogP contribution is -2.46. The highest BCUT2D eigenvalue weighted by molar-refractivity contribution is 6.15. The zero-order valence-corrected chi connectivity index (χ0v) is 8.83. The van der Waals surface area contributed by atoms with Crippen LogP contribution >= 0.6 is 0 Å². The maximum Gasteiger partial charge on any atom is 0.230 e. The summed E-state index contributed by atoms with van der Waals surface area (Å²) in [6.45, 7) is 3.69. The first-order chi connectivity index (χ1) is 6.49. The number of hydrogen-bond donors (Lipinski definition) is 1. The Labute approximate surface area is 84.5 Å². The Bertz CT molecular complexity index is 307. The van der Waals surface area contributed by atoms with E-state index in [4.69, 9.17) is 0 Å². The van der Waals surface area contributed by atoms with Gasteiger partial charge in [0.05, 0.1) is 0 Å². The minimum absolute atomic E-state index is 0.0184. The van der Waals surface area contributed by atoms with Crippen LogP contribution in [0.3, 0.4) is 0 Å². The van der Waals surface area contributed by atoms with Crippen molar-refractivity contribution in [2.75, 3.05) is 0 Å². The quantitative estimate of drug-likeness (QED) is 0.547. The molecule has 14 heavy (non-hydrogen) atoms. The molecule has 0 bridgehead atoms. The zero-order chi connectivity index (χ0) is 10.5. The molecule has 0 aromatic rings. The number of hydrogen-bond acceptors (Lipinski definition) is 2. The first-order valence-electron chi connectivity index (χ1n) is 5.00. The van der Waals surface area contributed by atoms with Crippen molar-refractivity contribution >= 4 is 19.8 Å². The van der Waals surface area contributed by atoms with E-state index in [0.29, 0.717) is 6.04 Å². The van der Waals surface area contributed by atoms with Crippen LogP contribution in [0.15, 0.2) is 0 Å². The second kappa shape index (κ2) is 2.75. The predicted molar refractivity (Wildman–Crippen MR) is 54.1 cm³/mol. The van der Waals surface area contributed by atoms with E-state index in [1.54, 1.807) is 19.8 Å². The van der Waals surface area contributed by atoms with Gasteiger partial charge in [0.15, 0.2) is 0 Å². The topological polar surface area (TPSA) is 49.4 Å². The molecule has 1 heterocycles. The van der Waals surface area contributed by atoms with Crippen LogP contribution in [0, 0.1) is 5.41 Å². The summed E-state index contributed by atoms with van der Waals surface area (Å²) in [6.07, 6.45) is 1.87. The standard InChI is InChI=1S/C9H15BN2O2/c1-5(13)12-6(8(14)11-10)3-9(2)4-7(9)12/h6-7H,3-4,10H2,1-2H3,(H,11,14)/t6-,7+,9-/m0/s1. The Balaban J connectivity index is 2.19. The summed E-state index contributed by atoms with van der Waals surface area (Å²) in [7, 11) is 1.62. The van der Waals surface area contributed by atoms with Crippen molar-refractivity contribution in [3.05, 3.63) is 0 Å². The fourth-order valence-electron chi connectivity index (χ4n) is 2.62. The minimum Gasteiger partial charge on any atom is -0.404 e. The van der Waals surface area contributed by atoms with E-state index in [2.05, 4.69) is 12.2 Å². The van der Waals surface area contributed by atoms with Gasteiger partial charge in [-0.15, -0.1) is 0 Å². The fourth-order valence-corrected chi connectivity index (χ4v) is 2.62. The molecule has 5 heteroatoms. The van der Waals surface area contributed by atoms with E-state index in [-0.39, 0.29) is 23.3 Å². The van der Waals surface area contributed by atoms with Gasteiger partial charge >= 0.3 is 0 Å². The van der Waals surface area contributed by atoms with E-state index >= 15 is 0 Å². The van der Waals surface area contributed by atoms with E-state index < -0.39 is 0 Å². The summed E-state index contributed by atoms with van der Waals surface area (Å²) in [5, 5.41) is 2.62. The maximum atomic E-state index is 11.5. The third-order valence-electron chi connectivity index (χ3n) is 3.55. The van der Waals surface area contributed by atoms with Crippen LogP contribution in [0.2, 0.25) is 0 Å². The van der Waals surface area contributed by atoms with Gasteiger partial charge in [-0.05, 0) is 18.3 Å². The monoisotopic (exact) mass is 194 g/mol. The summed E-state index contributed by atoms with van der Waals surface area (Å²) in [4.78, 5) is 24.7. The first kappa shape index (κ1) is 9.56. The number of carbonyl (C=O) groups excluding carboxylic acids is 2. The molecule has 0 radical (unpaired) electrons. The molecule has 0 spiro atoms. The fraction of sp³-hybridized carbons (Fsp3) is 0.778. The number of nitrogens with one attached hydrogen (secondary N) is 1. The van der Waals surface area contributed by atoms with Gasteiger partial charge in [0.1, 0.15) is 6.04 Å². The first-order valence-corrected chi connectivity index (χ1v) is 5.00. The van der Waals surface area contributed by atoms with Crippen LogP contribution in [0.25, 0.3) is 0 Å². The van der Waals surface area contributed by atoms with E-state index in [1.807, 2.05) is 0 Å². The Morgan fingerprint density at radius 3 is 2.64 bits per heavy atom. The van der Waals surface area contributed by atoms with Crippen molar-refractivity contribution in [3.8, 4) is 0 Å². The lowest BCUT2D eigenvalue weighted by molar-refractivity contribution is -0.137. The number of nitrogens with zero attached hydrogens (tertiary/aromatic N) is 1. The normalized spacial score (nSPS) is 39.1. The van der Waals surface area contributed by atoms with Gasteiger partial charge in [-0.25, -0.2) is 0 Å². The van der Waals surface area contributed by atoms with Crippen LogP contribution in [0.1, 0.15) is 26.7 Å². The highest BCUT2D eigenvalue weighted by Gasteiger charge is 2.63. The van der Waals surface area contributed by atoms with Crippen molar-refractivity contribution < 1.29 is 9.59 Å². The number of amides is 2. The molecule has 2 amide bonds. The summed E-state index contributed by atoms with van der Waals surface area (Å²) in [5.74, 6) is -0.0153. The number of likely N-dealkylation sites (tertiary alicyclic amines) is 1. The third kappa shape index (κ3) is 1.15. The highest BCUT2D eigenvalue weighted by Crippen LogP contribution is 2.59. The molecule has 76 valence electrons. The Morgan fingerprint density at radius 2 is 2.14 bits per heavy atom. The molecule has 1 aliphatic heterocycles. The number of piperidine rings is 1. The van der Waals surface area contributed by atoms with Gasteiger partial charge in [-0.1, -0.05) is 6.92 Å². The molecular formula is C9H15BN2O2. The second-order valence-electron chi connectivity index (χ2n) is 4.63. The SMILES string of the molecule is BNC(=O)[C@@H]1C[C@@]2(C)C[C@H]2N1C(C)=O. The molecule has 0 aromatic carbocycles. The predicted octanol–water partition coefficient (Wildman–Crippen LogP) is -0.950. The summed E-state index contributed by atoms with van der Waals surface area (Å²) in [6, 6.07) is 0.0727. The molecule has 1 saturated heterocycles. The Hall–Kier alpha value is -0.995. The number of fused-ring (bicyclic) bond motifs is 1. The minimum atomic E-state index is -0.235. The van der Waals surface area contributed by atoms with Gasteiger partial charge < -0.3 is 10.1 Å². The average molecular weight is 194 g/mol. The Kier molecular flexibility index (Phi) is 1.88. The van der Waals surface area contributed by atoms with E-state index in [0.717, 1.165) is 12.8 Å². The van der Waals surface area contributed by atoms with Gasteiger partial charge in [0.25, 0.3) is 0 Å². The molecule has 0 unspecified atom stereocenters. The smallest absolute Gasteiger partial charge is 0.230 e. The number of rotatable bonds is 1. The van der Waals surface area contributed by atoms with Gasteiger partial charge in [-0.2, -0.15) is 0 Å². The molecule has 1 saturated carbocycles. The average Bonchev–Trinajstić information content (AvgIpc) is 2.66. The molecule has 1 N–H and O–H groups in total. The molecular weight excluding hydrogens is 179 g/mol. The summed E-state index contributed by atoms with van der Waals surface area (Å²) in [5.41, 5.74) is 0.211. The molecule has 2 rings (SSSR count). The highest BCUT2D eigenvalue weighted by atomic mass is 16.2. The molecule has 4 nitrogen and oxygen atoms in total. The lowest BCUT2D eigenvalue weighted by atomic mass is 10.0. The van der Waals surface area contributed by atoms with Crippen molar-refractivity contribution in [1.29, 1.82) is 0 Å². The molecule has 2 aliphatic rings. The van der Waals surface area contributed by atoms with Crippen LogP contribution in [0.4, 0.5) is 0 Å². The van der Waals surface area contributed by atoms with Gasteiger partial charge in [0, 0.05) is 13.0 Å². The van der Waals surface area contributed by atoms with Crippen molar-refractivity contribution in [3.63, 3.8) is 0 Å². The van der Waals surface area contributed by atoms with Crippen molar-refractivity contribution in [1.82, 2.24) is 10.1 Å². The van der Waals surface area contributed by atoms with Crippen molar-refractivity contribution in [2.24, 2.45) is 5.41 Å². The number of carbonyl (C=O) groups is 2. The summed E-state index contributed by atoms with van der Waals surface area (Å²) < 4.78 is 0. The van der Waals surface area contributed by atoms with E-state index in [9.17, 15) is 9.59 Å². The van der Waals surface area contributed by atoms with Crippen LogP contribution in [-0.4, -0.2) is 36.8 Å².